The van der Waals surface area contributed by atoms with E-state index in [0.29, 0.717) is 58.5 Å². The minimum Gasteiger partial charge on any atom is -0.460 e. The van der Waals surface area contributed by atoms with Gasteiger partial charge in [-0.3, -0.25) is 24.1 Å². The van der Waals surface area contributed by atoms with Gasteiger partial charge in [-0.2, -0.15) is 0 Å². The average Bonchev–Trinajstić information content (AvgIpc) is 3.65. The maximum Gasteiger partial charge on any atom is 0.312 e. The number of nitrogens with one attached hydrogen (secondary N) is 1. The molecule has 7 atom stereocenters. The molecule has 12 heteroatoms. The molecule has 0 aliphatic carbocycles. The van der Waals surface area contributed by atoms with Crippen molar-refractivity contribution in [2.24, 2.45) is 17.8 Å². The second-order valence-corrected chi connectivity index (χ2v) is 12.7. The quantitative estimate of drug-likeness (QED) is 0.190. The van der Waals surface area contributed by atoms with E-state index < -0.39 is 47.7 Å². The van der Waals surface area contributed by atoms with Crippen LogP contribution in [0.4, 0.5) is 0 Å². The highest BCUT2D eigenvalue weighted by Gasteiger charge is 2.75. The van der Waals surface area contributed by atoms with Crippen LogP contribution in [0.3, 0.4) is 0 Å². The molecule has 3 amide bonds. The van der Waals surface area contributed by atoms with E-state index in [-0.39, 0.29) is 36.8 Å². The van der Waals surface area contributed by atoms with Crippen molar-refractivity contribution >= 4 is 23.7 Å². The van der Waals surface area contributed by atoms with Crippen LogP contribution in [-0.2, 0) is 33.4 Å². The van der Waals surface area contributed by atoms with Crippen LogP contribution in [0.5, 0.6) is 0 Å². The second-order valence-electron chi connectivity index (χ2n) is 12.7. The molecule has 2 N–H and O–H groups in total. The van der Waals surface area contributed by atoms with E-state index in [1.807, 2.05) is 13.8 Å². The first kappa shape index (κ1) is 34.1. The second kappa shape index (κ2) is 15.0. The number of morpholine rings is 1. The number of aliphatic hydroxyl groups excluding tert-OH is 1. The minimum absolute atomic E-state index is 0.135. The van der Waals surface area contributed by atoms with Crippen LogP contribution in [0, 0.1) is 17.8 Å². The summed E-state index contributed by atoms with van der Waals surface area (Å²) in [5.41, 5.74) is -1.20. The summed E-state index contributed by atoms with van der Waals surface area (Å²) in [5, 5.41) is 13.2. The summed E-state index contributed by atoms with van der Waals surface area (Å²) in [4.78, 5) is 60.0. The molecule has 44 heavy (non-hydrogen) atoms. The Morgan fingerprint density at radius 2 is 1.93 bits per heavy atom. The Kier molecular flexibility index (Phi) is 11.6. The summed E-state index contributed by atoms with van der Waals surface area (Å²) < 4.78 is 17.8. The van der Waals surface area contributed by atoms with Gasteiger partial charge < -0.3 is 34.4 Å². The number of ether oxygens (including phenoxy) is 3. The first-order chi connectivity index (χ1) is 21.1. The normalized spacial score (nSPS) is 29.3. The molecule has 4 heterocycles. The Labute approximate surface area is 260 Å². The van der Waals surface area contributed by atoms with Gasteiger partial charge in [0.1, 0.15) is 17.7 Å². The summed E-state index contributed by atoms with van der Waals surface area (Å²) >= 11 is 0. The van der Waals surface area contributed by atoms with Gasteiger partial charge in [-0.05, 0) is 32.1 Å². The third kappa shape index (κ3) is 6.88. The average molecular weight is 619 g/mol. The maximum absolute atomic E-state index is 14.5. The molecule has 0 unspecified atom stereocenters. The third-order valence-corrected chi connectivity index (χ3v) is 9.49. The lowest BCUT2D eigenvalue weighted by Gasteiger charge is -2.40. The molecule has 4 fully saturated rings. The number of carbonyl (C=O) groups is 4. The van der Waals surface area contributed by atoms with Gasteiger partial charge in [0.05, 0.1) is 50.3 Å². The van der Waals surface area contributed by atoms with E-state index in [1.54, 1.807) is 24.0 Å². The van der Waals surface area contributed by atoms with Gasteiger partial charge in [0, 0.05) is 39.1 Å². The SMILES string of the molecule is C=CCCC(=O)NC[C@@H](C)OC(=O)[C@@H]1[C@H]2C(=O)N([C@@H](CO)C(C)C)[C@H](C(=O)N(CC=C)CCN3CCOCC3)[C@]23CC[C@H]1O3. The molecule has 1 spiro atoms. The molecule has 2 bridgehead atoms. The fraction of sp³-hybridized carbons (Fsp3) is 0.750. The van der Waals surface area contributed by atoms with Crippen LogP contribution in [0.1, 0.15) is 46.5 Å². The number of hydrogen-bond donors (Lipinski definition) is 2. The standard InChI is InChI=1S/C32H50N4O8/c1-6-8-9-25(38)33-19-22(5)43-31(41)26-24-10-11-32(44-24)27(26)29(39)36(23(20-37)21(3)4)28(32)30(40)35(12-7-2)14-13-34-15-17-42-18-16-34/h6-7,21-24,26-28,37H,1-2,8-20H2,3-5H3,(H,33,38)/t22-,23+,24-,26+,27+,28-,32+/m1/s1. The zero-order chi connectivity index (χ0) is 32.0. The van der Waals surface area contributed by atoms with Gasteiger partial charge in [0.25, 0.3) is 0 Å². The summed E-state index contributed by atoms with van der Waals surface area (Å²) in [6.45, 7) is 17.0. The Hall–Kier alpha value is -2.80. The summed E-state index contributed by atoms with van der Waals surface area (Å²) in [7, 11) is 0. The molecule has 4 aliphatic heterocycles. The largest absolute Gasteiger partial charge is 0.460 e. The number of nitrogens with zero attached hydrogens (tertiary/aromatic N) is 3. The molecule has 0 saturated carbocycles. The Morgan fingerprint density at radius 3 is 2.57 bits per heavy atom. The van der Waals surface area contributed by atoms with E-state index in [1.165, 1.54) is 4.90 Å². The molecule has 0 aromatic rings. The van der Waals surface area contributed by atoms with Crippen molar-refractivity contribution in [2.45, 2.75) is 76.3 Å². The highest BCUT2D eigenvalue weighted by atomic mass is 16.6. The van der Waals surface area contributed by atoms with E-state index in [4.69, 9.17) is 14.2 Å². The number of fused-ring (bicyclic) bond motifs is 1. The molecule has 4 rings (SSSR count). The van der Waals surface area contributed by atoms with Crippen molar-refractivity contribution in [2.75, 3.05) is 59.1 Å². The number of allylic oxidation sites excluding steroid dienone is 1. The van der Waals surface area contributed by atoms with E-state index >= 15 is 0 Å². The lowest BCUT2D eigenvalue weighted by molar-refractivity contribution is -0.160. The van der Waals surface area contributed by atoms with Crippen molar-refractivity contribution in [1.29, 1.82) is 0 Å². The lowest BCUT2D eigenvalue weighted by Crippen LogP contribution is -2.60. The van der Waals surface area contributed by atoms with Crippen molar-refractivity contribution in [3.05, 3.63) is 25.3 Å². The number of amides is 3. The monoisotopic (exact) mass is 618 g/mol. The van der Waals surface area contributed by atoms with Crippen LogP contribution in [0.25, 0.3) is 0 Å². The van der Waals surface area contributed by atoms with Crippen molar-refractivity contribution in [3.63, 3.8) is 0 Å². The maximum atomic E-state index is 14.5. The fourth-order valence-electron chi connectivity index (χ4n) is 7.22. The molecule has 0 aromatic heterocycles. The molecule has 0 radical (unpaired) electrons. The van der Waals surface area contributed by atoms with Crippen LogP contribution in [0.15, 0.2) is 25.3 Å². The molecule has 246 valence electrons. The topological polar surface area (TPSA) is 138 Å². The highest BCUT2D eigenvalue weighted by Crippen LogP contribution is 2.59. The number of hydrogen-bond acceptors (Lipinski definition) is 9. The zero-order valence-corrected chi connectivity index (χ0v) is 26.4. The van der Waals surface area contributed by atoms with Gasteiger partial charge in [-0.25, -0.2) is 0 Å². The highest BCUT2D eigenvalue weighted by molar-refractivity contribution is 5.98. The van der Waals surface area contributed by atoms with E-state index in [9.17, 15) is 24.3 Å². The van der Waals surface area contributed by atoms with E-state index in [2.05, 4.69) is 23.4 Å². The van der Waals surface area contributed by atoms with Crippen LogP contribution in [0.2, 0.25) is 0 Å². The van der Waals surface area contributed by atoms with Crippen LogP contribution < -0.4 is 5.32 Å². The number of rotatable bonds is 16. The van der Waals surface area contributed by atoms with Gasteiger partial charge in [0.2, 0.25) is 17.7 Å². The van der Waals surface area contributed by atoms with Crippen molar-refractivity contribution < 1.29 is 38.5 Å². The Bertz CT molecular complexity index is 1080. The molecule has 12 nitrogen and oxygen atoms in total. The van der Waals surface area contributed by atoms with E-state index in [0.717, 1.165) is 13.1 Å². The smallest absolute Gasteiger partial charge is 0.312 e. The summed E-state index contributed by atoms with van der Waals surface area (Å²) in [6, 6.07) is -1.63. The molecular formula is C32H50N4O8. The molecular weight excluding hydrogens is 568 g/mol. The Morgan fingerprint density at radius 1 is 1.20 bits per heavy atom. The van der Waals surface area contributed by atoms with Crippen LogP contribution in [-0.4, -0.2) is 132 Å². The predicted molar refractivity (Wildman–Crippen MR) is 162 cm³/mol. The lowest BCUT2D eigenvalue weighted by atomic mass is 9.70. The Balaban J connectivity index is 1.57. The van der Waals surface area contributed by atoms with Gasteiger partial charge in [-0.15, -0.1) is 13.2 Å². The van der Waals surface area contributed by atoms with Crippen LogP contribution >= 0.6 is 0 Å². The summed E-state index contributed by atoms with van der Waals surface area (Å²) in [5.74, 6) is -3.31. The number of carbonyl (C=O) groups excluding carboxylic acids is 4. The van der Waals surface area contributed by atoms with Gasteiger partial charge >= 0.3 is 5.97 Å². The number of likely N-dealkylation sites (tertiary alicyclic amines) is 1. The van der Waals surface area contributed by atoms with Crippen molar-refractivity contribution in [3.8, 4) is 0 Å². The first-order valence-corrected chi connectivity index (χ1v) is 16.0. The molecule has 4 aliphatic rings. The molecule has 4 saturated heterocycles. The van der Waals surface area contributed by atoms with Crippen molar-refractivity contribution in [1.82, 2.24) is 20.0 Å². The van der Waals surface area contributed by atoms with Gasteiger partial charge in [-0.1, -0.05) is 26.0 Å². The minimum atomic E-state index is -1.20. The molecule has 0 aromatic carbocycles. The van der Waals surface area contributed by atoms with Gasteiger partial charge in [0.15, 0.2) is 0 Å². The number of aliphatic hydroxyl groups is 1. The third-order valence-electron chi connectivity index (χ3n) is 9.49. The summed E-state index contributed by atoms with van der Waals surface area (Å²) in [6.07, 6.45) is 3.95. The zero-order valence-electron chi connectivity index (χ0n) is 26.4. The predicted octanol–water partition coefficient (Wildman–Crippen LogP) is 0.739. The first-order valence-electron chi connectivity index (χ1n) is 16.0. The fourth-order valence-corrected chi connectivity index (χ4v) is 7.22. The number of esters is 1.